The first-order chi connectivity index (χ1) is 13.9. The zero-order valence-corrected chi connectivity index (χ0v) is 22.6. The Morgan fingerprint density at radius 1 is 0.833 bits per heavy atom. The summed E-state index contributed by atoms with van der Waals surface area (Å²) in [6.07, 6.45) is 14.2. The third kappa shape index (κ3) is 12.1. The molecule has 0 saturated heterocycles. The summed E-state index contributed by atoms with van der Waals surface area (Å²) in [6.45, 7) is 6.09. The molecule has 0 aromatic heterocycles. The first kappa shape index (κ1) is 29.9. The molecular formula is C24H41NaO4S. The average molecular weight is 449 g/mol. The number of aryl methyl sites for hydroxylation is 2. The van der Waals surface area contributed by atoms with Gasteiger partial charge in [0.2, 0.25) is 0 Å². The van der Waals surface area contributed by atoms with Crippen molar-refractivity contribution in [2.75, 3.05) is 6.61 Å². The van der Waals surface area contributed by atoms with E-state index in [2.05, 4.69) is 32.0 Å². The molecule has 4 nitrogen and oxygen atoms in total. The molecule has 1 aromatic carbocycles. The minimum Gasteiger partial charge on any atom is -0.748 e. The van der Waals surface area contributed by atoms with E-state index in [4.69, 9.17) is 4.74 Å². The van der Waals surface area contributed by atoms with Gasteiger partial charge < -0.3 is 9.29 Å². The molecule has 0 radical (unpaired) electrons. The molecule has 0 amide bonds. The van der Waals surface area contributed by atoms with Gasteiger partial charge in [0.1, 0.15) is 22.5 Å². The largest absolute Gasteiger partial charge is 1.00 e. The molecule has 1 aromatic rings. The summed E-state index contributed by atoms with van der Waals surface area (Å²) in [5.41, 5.74) is 2.29. The maximum atomic E-state index is 11.5. The van der Waals surface area contributed by atoms with E-state index in [1.54, 1.807) is 6.92 Å². The monoisotopic (exact) mass is 448 g/mol. The van der Waals surface area contributed by atoms with E-state index in [1.165, 1.54) is 51.4 Å². The van der Waals surface area contributed by atoms with Crippen molar-refractivity contribution in [2.45, 2.75) is 109 Å². The van der Waals surface area contributed by atoms with Gasteiger partial charge in [0.25, 0.3) is 0 Å². The smallest absolute Gasteiger partial charge is 0.748 e. The van der Waals surface area contributed by atoms with E-state index in [0.717, 1.165) is 42.6 Å². The van der Waals surface area contributed by atoms with Gasteiger partial charge in [-0.15, -0.1) is 0 Å². The zero-order valence-electron chi connectivity index (χ0n) is 19.8. The molecule has 0 spiro atoms. The predicted octanol–water partition coefficient (Wildman–Crippen LogP) is 3.42. The maximum absolute atomic E-state index is 11.5. The van der Waals surface area contributed by atoms with Crippen LogP contribution in [-0.2, 0) is 23.0 Å². The van der Waals surface area contributed by atoms with Crippen LogP contribution in [0.4, 0.5) is 0 Å². The second-order valence-corrected chi connectivity index (χ2v) is 9.72. The van der Waals surface area contributed by atoms with Gasteiger partial charge in [-0.05, 0) is 43.2 Å². The van der Waals surface area contributed by atoms with Crippen LogP contribution < -0.4 is 34.3 Å². The first-order valence-electron chi connectivity index (χ1n) is 11.6. The molecule has 0 saturated carbocycles. The molecule has 0 aliphatic heterocycles. The van der Waals surface area contributed by atoms with E-state index >= 15 is 0 Å². The summed E-state index contributed by atoms with van der Waals surface area (Å²) in [6, 6.07) is 6.25. The second-order valence-electron chi connectivity index (χ2n) is 8.07. The maximum Gasteiger partial charge on any atom is 1.00 e. The van der Waals surface area contributed by atoms with Crippen LogP contribution in [0.25, 0.3) is 0 Å². The normalized spacial score (nSPS) is 12.4. The van der Waals surface area contributed by atoms with Crippen molar-refractivity contribution in [2.24, 2.45) is 0 Å². The van der Waals surface area contributed by atoms with E-state index in [1.807, 2.05) is 0 Å². The van der Waals surface area contributed by atoms with Crippen molar-refractivity contribution in [3.05, 3.63) is 29.3 Å². The molecule has 0 aliphatic carbocycles. The summed E-state index contributed by atoms with van der Waals surface area (Å²) in [5.74, 6) is 0.820. The van der Waals surface area contributed by atoms with Crippen molar-refractivity contribution in [1.82, 2.24) is 0 Å². The molecule has 0 fully saturated rings. The Bertz CT molecular complexity index is 629. The van der Waals surface area contributed by atoms with Gasteiger partial charge in [-0.2, -0.15) is 0 Å². The predicted molar refractivity (Wildman–Crippen MR) is 121 cm³/mol. The number of ether oxygens (including phenoxy) is 1. The van der Waals surface area contributed by atoms with Crippen LogP contribution in [0, 0.1) is 0 Å². The summed E-state index contributed by atoms with van der Waals surface area (Å²) < 4.78 is 40.4. The van der Waals surface area contributed by atoms with Gasteiger partial charge >= 0.3 is 29.6 Å². The van der Waals surface area contributed by atoms with Crippen LogP contribution in [-0.4, -0.2) is 24.8 Å². The third-order valence-electron chi connectivity index (χ3n) is 5.55. The number of hydrogen-bond donors (Lipinski definition) is 0. The van der Waals surface area contributed by atoms with Gasteiger partial charge in [0, 0.05) is 0 Å². The molecule has 30 heavy (non-hydrogen) atoms. The number of para-hydroxylation sites is 1. The molecule has 6 heteroatoms. The Morgan fingerprint density at radius 2 is 1.30 bits per heavy atom. The SMILES string of the molecule is CCCCCCCc1cccc(CCCCCCC)c1OCC(CC)S(=O)(=O)[O-].[Na+]. The first-order valence-corrected chi connectivity index (χ1v) is 13.1. The van der Waals surface area contributed by atoms with Gasteiger partial charge in [-0.25, -0.2) is 8.42 Å². The fraction of sp³-hybridized carbons (Fsp3) is 0.750. The van der Waals surface area contributed by atoms with Crippen molar-refractivity contribution in [1.29, 1.82) is 0 Å². The summed E-state index contributed by atoms with van der Waals surface area (Å²) in [5, 5.41) is -0.988. The van der Waals surface area contributed by atoms with Crippen LogP contribution in [0.15, 0.2) is 18.2 Å². The fourth-order valence-corrected chi connectivity index (χ4v) is 4.28. The second kappa shape index (κ2) is 17.5. The summed E-state index contributed by atoms with van der Waals surface area (Å²) >= 11 is 0. The van der Waals surface area contributed by atoms with Gasteiger partial charge in [-0.3, -0.25) is 0 Å². The molecule has 168 valence electrons. The van der Waals surface area contributed by atoms with Crippen molar-refractivity contribution in [3.8, 4) is 5.75 Å². The fourth-order valence-electron chi connectivity index (χ4n) is 3.64. The van der Waals surface area contributed by atoms with Crippen LogP contribution in [0.5, 0.6) is 5.75 Å². The Labute approximate surface area is 207 Å². The Kier molecular flexibility index (Phi) is 17.4. The molecule has 0 N–H and O–H groups in total. The van der Waals surface area contributed by atoms with Gasteiger partial charge in [0.05, 0.1) is 5.25 Å². The van der Waals surface area contributed by atoms with E-state index in [0.29, 0.717) is 0 Å². The molecule has 0 heterocycles. The Balaban J connectivity index is 0.00000841. The zero-order chi connectivity index (χ0) is 21.5. The number of hydrogen-bond acceptors (Lipinski definition) is 4. The topological polar surface area (TPSA) is 66.4 Å². The van der Waals surface area contributed by atoms with E-state index < -0.39 is 15.4 Å². The van der Waals surface area contributed by atoms with E-state index in [-0.39, 0.29) is 42.6 Å². The molecule has 1 atom stereocenters. The Hall–Kier alpha value is -0.0700. The van der Waals surface area contributed by atoms with Crippen molar-refractivity contribution < 1.29 is 47.3 Å². The van der Waals surface area contributed by atoms with Crippen LogP contribution in [0.2, 0.25) is 0 Å². The number of benzene rings is 1. The van der Waals surface area contributed by atoms with Crippen LogP contribution in [0.1, 0.15) is 103 Å². The minimum absolute atomic E-state index is 0. The van der Waals surface area contributed by atoms with Gasteiger partial charge in [0.15, 0.2) is 0 Å². The van der Waals surface area contributed by atoms with Crippen molar-refractivity contribution in [3.63, 3.8) is 0 Å². The summed E-state index contributed by atoms with van der Waals surface area (Å²) in [4.78, 5) is 0. The molecule has 0 bridgehead atoms. The molecule has 1 unspecified atom stereocenters. The number of unbranched alkanes of at least 4 members (excludes halogenated alkanes) is 8. The number of rotatable bonds is 17. The van der Waals surface area contributed by atoms with E-state index in [9.17, 15) is 13.0 Å². The summed E-state index contributed by atoms with van der Waals surface area (Å²) in [7, 11) is -4.34. The average Bonchev–Trinajstić information content (AvgIpc) is 2.68. The quantitative estimate of drug-likeness (QED) is 0.208. The standard InChI is InChI=1S/C24H42O4S.Na/c1-4-7-9-11-13-16-21-18-15-19-22(17-14-12-10-8-5-2)24(21)28-20-23(6-3)29(25,26)27;/h15,18-19,23H,4-14,16-17,20H2,1-3H3,(H,25,26,27);/q;+1/p-1. The van der Waals surface area contributed by atoms with Crippen LogP contribution >= 0.6 is 0 Å². The Morgan fingerprint density at radius 3 is 1.70 bits per heavy atom. The molecular weight excluding hydrogens is 407 g/mol. The van der Waals surface area contributed by atoms with Gasteiger partial charge in [-0.1, -0.05) is 90.3 Å². The van der Waals surface area contributed by atoms with Crippen LogP contribution in [0.3, 0.4) is 0 Å². The molecule has 0 aliphatic rings. The minimum atomic E-state index is -4.34. The molecule has 1 rings (SSSR count). The third-order valence-corrected chi connectivity index (χ3v) is 6.84. The van der Waals surface area contributed by atoms with Crippen molar-refractivity contribution >= 4 is 10.1 Å².